The SMILES string of the molecule is C=C(N=C(c1ccccc1)c1ccccc1NC(=O)C1CCCN1Cc1ccccc1)C(=O)O. The van der Waals surface area contributed by atoms with Crippen LogP contribution in [0, 0.1) is 0 Å². The normalized spacial score (nSPS) is 16.2. The van der Waals surface area contributed by atoms with Gasteiger partial charge in [0.2, 0.25) is 5.91 Å². The Morgan fingerprint density at radius 1 is 0.971 bits per heavy atom. The fourth-order valence-electron chi connectivity index (χ4n) is 4.20. The molecule has 0 bridgehead atoms. The molecular weight excluding hydrogens is 426 g/mol. The standard InChI is InChI=1S/C28H27N3O3/c1-20(28(33)34)29-26(22-13-6-3-7-14-22)23-15-8-9-16-24(23)30-27(32)25-17-10-18-31(25)19-21-11-4-2-5-12-21/h2-9,11-16,25H,1,10,17-19H2,(H,30,32)(H,33,34). The van der Waals surface area contributed by atoms with Crippen LogP contribution in [0.15, 0.2) is 102 Å². The summed E-state index contributed by atoms with van der Waals surface area (Å²) < 4.78 is 0. The zero-order valence-corrected chi connectivity index (χ0v) is 18.9. The van der Waals surface area contributed by atoms with E-state index in [-0.39, 0.29) is 17.6 Å². The molecule has 1 aliphatic rings. The Bertz CT molecular complexity index is 1210. The third-order valence-corrected chi connectivity index (χ3v) is 5.88. The predicted molar refractivity (Wildman–Crippen MR) is 134 cm³/mol. The van der Waals surface area contributed by atoms with Crippen LogP contribution in [-0.2, 0) is 16.1 Å². The van der Waals surface area contributed by atoms with Crippen LogP contribution in [0.5, 0.6) is 0 Å². The summed E-state index contributed by atoms with van der Waals surface area (Å²) in [5.74, 6) is -1.28. The Balaban J connectivity index is 1.61. The third kappa shape index (κ3) is 5.47. The summed E-state index contributed by atoms with van der Waals surface area (Å²) in [7, 11) is 0. The minimum absolute atomic E-state index is 0.0784. The molecule has 1 unspecified atom stereocenters. The van der Waals surface area contributed by atoms with Crippen LogP contribution in [0.4, 0.5) is 5.69 Å². The Morgan fingerprint density at radius 3 is 2.32 bits per heavy atom. The molecule has 1 saturated heterocycles. The van der Waals surface area contributed by atoms with E-state index in [1.807, 2.05) is 72.8 Å². The molecule has 3 aromatic rings. The molecule has 4 rings (SSSR count). The van der Waals surface area contributed by atoms with Crippen LogP contribution in [0.1, 0.15) is 29.5 Å². The highest BCUT2D eigenvalue weighted by molar-refractivity contribution is 6.18. The smallest absolute Gasteiger partial charge is 0.353 e. The molecule has 0 saturated carbocycles. The van der Waals surface area contributed by atoms with Gasteiger partial charge < -0.3 is 10.4 Å². The van der Waals surface area contributed by atoms with Gasteiger partial charge in [-0.1, -0.05) is 85.4 Å². The number of carboxylic acids is 1. The highest BCUT2D eigenvalue weighted by Crippen LogP contribution is 2.25. The van der Waals surface area contributed by atoms with E-state index in [4.69, 9.17) is 0 Å². The molecule has 1 fully saturated rings. The molecule has 1 heterocycles. The number of anilines is 1. The van der Waals surface area contributed by atoms with Gasteiger partial charge in [-0.15, -0.1) is 0 Å². The number of amides is 1. The van der Waals surface area contributed by atoms with Crippen molar-refractivity contribution in [2.24, 2.45) is 4.99 Å². The molecule has 0 spiro atoms. The number of carboxylic acid groups (broad SMARTS) is 1. The number of para-hydroxylation sites is 1. The summed E-state index contributed by atoms with van der Waals surface area (Å²) in [6, 6.07) is 26.5. The lowest BCUT2D eigenvalue weighted by Gasteiger charge is -2.24. The minimum Gasteiger partial charge on any atom is -0.477 e. The molecule has 6 nitrogen and oxygen atoms in total. The van der Waals surface area contributed by atoms with Gasteiger partial charge in [0.1, 0.15) is 5.70 Å². The third-order valence-electron chi connectivity index (χ3n) is 5.88. The Kier molecular flexibility index (Phi) is 7.30. The first-order valence-corrected chi connectivity index (χ1v) is 11.3. The molecule has 6 heteroatoms. The summed E-state index contributed by atoms with van der Waals surface area (Å²) in [6.45, 7) is 5.15. The van der Waals surface area contributed by atoms with Crippen molar-refractivity contribution >= 4 is 23.3 Å². The second-order valence-electron chi connectivity index (χ2n) is 8.23. The van der Waals surface area contributed by atoms with Gasteiger partial charge in [-0.25, -0.2) is 9.79 Å². The molecule has 34 heavy (non-hydrogen) atoms. The van der Waals surface area contributed by atoms with E-state index >= 15 is 0 Å². The van der Waals surface area contributed by atoms with Crippen LogP contribution < -0.4 is 5.32 Å². The van der Waals surface area contributed by atoms with Crippen LogP contribution in [0.3, 0.4) is 0 Å². The van der Waals surface area contributed by atoms with Crippen molar-refractivity contribution in [1.82, 2.24) is 4.90 Å². The average molecular weight is 454 g/mol. The highest BCUT2D eigenvalue weighted by atomic mass is 16.4. The van der Waals surface area contributed by atoms with Crippen LogP contribution in [0.25, 0.3) is 0 Å². The van der Waals surface area contributed by atoms with Gasteiger partial charge in [0.25, 0.3) is 0 Å². The van der Waals surface area contributed by atoms with E-state index in [1.54, 1.807) is 0 Å². The summed E-state index contributed by atoms with van der Waals surface area (Å²) in [5.41, 5.74) is 3.30. The van der Waals surface area contributed by atoms with Gasteiger partial charge >= 0.3 is 5.97 Å². The van der Waals surface area contributed by atoms with Gasteiger partial charge in [-0.2, -0.15) is 0 Å². The topological polar surface area (TPSA) is 82.0 Å². The zero-order valence-electron chi connectivity index (χ0n) is 18.9. The summed E-state index contributed by atoms with van der Waals surface area (Å²) in [5, 5.41) is 12.4. The number of aliphatic carboxylic acids is 1. The monoisotopic (exact) mass is 453 g/mol. The first-order valence-electron chi connectivity index (χ1n) is 11.3. The molecule has 172 valence electrons. The number of nitrogens with zero attached hydrogens (tertiary/aromatic N) is 2. The van der Waals surface area contributed by atoms with E-state index in [2.05, 4.69) is 33.9 Å². The van der Waals surface area contributed by atoms with Gasteiger partial charge in [0, 0.05) is 17.7 Å². The minimum atomic E-state index is -1.20. The summed E-state index contributed by atoms with van der Waals surface area (Å²) >= 11 is 0. The van der Waals surface area contributed by atoms with E-state index in [0.717, 1.165) is 31.5 Å². The fraction of sp³-hybridized carbons (Fsp3) is 0.179. The van der Waals surface area contributed by atoms with Crippen molar-refractivity contribution < 1.29 is 14.7 Å². The Morgan fingerprint density at radius 2 is 1.62 bits per heavy atom. The maximum absolute atomic E-state index is 13.4. The van der Waals surface area contributed by atoms with E-state index in [9.17, 15) is 14.7 Å². The largest absolute Gasteiger partial charge is 0.477 e. The molecule has 0 aliphatic carbocycles. The number of hydrogen-bond donors (Lipinski definition) is 2. The summed E-state index contributed by atoms with van der Waals surface area (Å²) in [6.07, 6.45) is 1.75. The van der Waals surface area contributed by atoms with Crippen molar-refractivity contribution in [2.45, 2.75) is 25.4 Å². The Hall–Kier alpha value is -4.03. The number of carbonyl (C=O) groups excluding carboxylic acids is 1. The fourth-order valence-corrected chi connectivity index (χ4v) is 4.20. The van der Waals surface area contributed by atoms with Gasteiger partial charge in [0.05, 0.1) is 17.4 Å². The molecule has 0 aromatic heterocycles. The molecule has 3 aromatic carbocycles. The number of nitrogens with one attached hydrogen (secondary N) is 1. The van der Waals surface area contributed by atoms with E-state index in [1.165, 1.54) is 5.56 Å². The number of benzene rings is 3. The molecular formula is C28H27N3O3. The maximum atomic E-state index is 13.4. The number of aliphatic imine (C=N–C) groups is 1. The average Bonchev–Trinajstić information content (AvgIpc) is 3.32. The maximum Gasteiger partial charge on any atom is 0.353 e. The lowest BCUT2D eigenvalue weighted by Crippen LogP contribution is -2.39. The van der Waals surface area contributed by atoms with Crippen LogP contribution in [0.2, 0.25) is 0 Å². The predicted octanol–water partition coefficient (Wildman–Crippen LogP) is 4.73. The molecule has 1 atom stereocenters. The van der Waals surface area contributed by atoms with Gasteiger partial charge in [-0.3, -0.25) is 9.69 Å². The quantitative estimate of drug-likeness (QED) is 0.382. The van der Waals surface area contributed by atoms with Gasteiger partial charge in [0.15, 0.2) is 0 Å². The zero-order chi connectivity index (χ0) is 23.9. The molecule has 1 amide bonds. The number of rotatable bonds is 8. The van der Waals surface area contributed by atoms with Crippen molar-refractivity contribution in [3.05, 3.63) is 114 Å². The van der Waals surface area contributed by atoms with Crippen molar-refractivity contribution in [3.8, 4) is 0 Å². The summed E-state index contributed by atoms with van der Waals surface area (Å²) in [4.78, 5) is 31.3. The number of carbonyl (C=O) groups is 2. The van der Waals surface area contributed by atoms with E-state index in [0.29, 0.717) is 17.0 Å². The van der Waals surface area contributed by atoms with E-state index < -0.39 is 5.97 Å². The van der Waals surface area contributed by atoms with Crippen molar-refractivity contribution in [2.75, 3.05) is 11.9 Å². The Labute approximate surface area is 199 Å². The van der Waals surface area contributed by atoms with Crippen molar-refractivity contribution in [1.29, 1.82) is 0 Å². The first-order chi connectivity index (χ1) is 16.5. The lowest BCUT2D eigenvalue weighted by molar-refractivity contribution is -0.132. The second-order valence-corrected chi connectivity index (χ2v) is 8.23. The second kappa shape index (κ2) is 10.7. The number of hydrogen-bond acceptors (Lipinski definition) is 4. The number of likely N-dealkylation sites (tertiary alicyclic amines) is 1. The first kappa shape index (κ1) is 23.1. The van der Waals surface area contributed by atoms with Gasteiger partial charge in [-0.05, 0) is 31.0 Å². The van der Waals surface area contributed by atoms with Crippen LogP contribution >= 0.6 is 0 Å². The molecule has 1 aliphatic heterocycles. The van der Waals surface area contributed by atoms with Crippen LogP contribution in [-0.4, -0.2) is 40.2 Å². The molecule has 2 N–H and O–H groups in total. The van der Waals surface area contributed by atoms with Crippen molar-refractivity contribution in [3.63, 3.8) is 0 Å². The molecule has 0 radical (unpaired) electrons. The highest BCUT2D eigenvalue weighted by Gasteiger charge is 2.31. The lowest BCUT2D eigenvalue weighted by atomic mass is 10.00.